The molecule has 1 unspecified atom stereocenters. The van der Waals surface area contributed by atoms with Gasteiger partial charge in [0.15, 0.2) is 0 Å². The van der Waals surface area contributed by atoms with Gasteiger partial charge in [-0.25, -0.2) is 4.79 Å². The van der Waals surface area contributed by atoms with Gasteiger partial charge in [-0.1, -0.05) is 0 Å². The van der Waals surface area contributed by atoms with Gasteiger partial charge < -0.3 is 14.8 Å². The molecule has 0 saturated carbocycles. The van der Waals surface area contributed by atoms with Crippen LogP contribution in [0.3, 0.4) is 0 Å². The van der Waals surface area contributed by atoms with Crippen LogP contribution in [0.25, 0.3) is 0 Å². The van der Waals surface area contributed by atoms with E-state index in [0.29, 0.717) is 18.8 Å². The molecule has 1 aliphatic rings. The first-order chi connectivity index (χ1) is 7.74. The summed E-state index contributed by atoms with van der Waals surface area (Å²) in [5.74, 6) is -0.365. The highest BCUT2D eigenvalue weighted by Crippen LogP contribution is 2.20. The maximum atomic E-state index is 11.5. The van der Waals surface area contributed by atoms with Crippen LogP contribution >= 0.6 is 0 Å². The predicted molar refractivity (Wildman–Crippen MR) is 56.1 cm³/mol. The average Bonchev–Trinajstić information content (AvgIpc) is 2.71. The lowest BCUT2D eigenvalue weighted by molar-refractivity contribution is 0.0584. The molecule has 1 aliphatic heterocycles. The molecule has 6 nitrogen and oxygen atoms in total. The van der Waals surface area contributed by atoms with Gasteiger partial charge in [0.1, 0.15) is 5.56 Å². The van der Waals surface area contributed by atoms with Crippen molar-refractivity contribution in [3.63, 3.8) is 0 Å². The van der Waals surface area contributed by atoms with E-state index in [2.05, 4.69) is 10.4 Å². The molecule has 1 saturated heterocycles. The number of hydrogen-bond donors (Lipinski definition) is 1. The summed E-state index contributed by atoms with van der Waals surface area (Å²) in [7, 11) is 3.17. The van der Waals surface area contributed by atoms with Crippen LogP contribution in [0.4, 0.5) is 0 Å². The molecule has 0 radical (unpaired) electrons. The number of aryl methyl sites for hydroxylation is 1. The maximum Gasteiger partial charge on any atom is 0.341 e. The Labute approximate surface area is 93.5 Å². The van der Waals surface area contributed by atoms with Crippen molar-refractivity contribution in [2.24, 2.45) is 7.05 Å². The fraction of sp³-hybridized carbons (Fsp3) is 0.600. The lowest BCUT2D eigenvalue weighted by Gasteiger charge is -2.24. The van der Waals surface area contributed by atoms with Crippen LogP contribution in [-0.4, -0.2) is 42.6 Å². The van der Waals surface area contributed by atoms with E-state index in [1.165, 1.54) is 13.3 Å². The van der Waals surface area contributed by atoms with Gasteiger partial charge in [-0.15, -0.1) is 0 Å². The van der Waals surface area contributed by atoms with Crippen LogP contribution in [0.2, 0.25) is 0 Å². The molecule has 1 atom stereocenters. The highest BCUT2D eigenvalue weighted by atomic mass is 16.5. The molecular weight excluding hydrogens is 210 g/mol. The minimum absolute atomic E-state index is 0.00431. The van der Waals surface area contributed by atoms with E-state index in [9.17, 15) is 4.79 Å². The van der Waals surface area contributed by atoms with Crippen molar-refractivity contribution >= 4 is 5.97 Å². The summed E-state index contributed by atoms with van der Waals surface area (Å²) in [5, 5.41) is 7.37. The molecule has 0 amide bonds. The average molecular weight is 225 g/mol. The van der Waals surface area contributed by atoms with E-state index in [1.54, 1.807) is 11.7 Å². The highest BCUT2D eigenvalue weighted by Gasteiger charge is 2.25. The van der Waals surface area contributed by atoms with Crippen molar-refractivity contribution in [1.82, 2.24) is 15.1 Å². The number of rotatable bonds is 2. The van der Waals surface area contributed by atoms with Crippen molar-refractivity contribution in [3.8, 4) is 0 Å². The second-order valence-electron chi connectivity index (χ2n) is 3.64. The topological polar surface area (TPSA) is 65.4 Å². The minimum atomic E-state index is -0.365. The molecule has 2 heterocycles. The van der Waals surface area contributed by atoms with Crippen LogP contribution in [0.15, 0.2) is 6.20 Å². The van der Waals surface area contributed by atoms with Crippen molar-refractivity contribution in [1.29, 1.82) is 0 Å². The molecule has 1 aromatic heterocycles. The molecule has 1 aromatic rings. The summed E-state index contributed by atoms with van der Waals surface area (Å²) in [4.78, 5) is 11.5. The van der Waals surface area contributed by atoms with Gasteiger partial charge in [0.2, 0.25) is 0 Å². The quantitative estimate of drug-likeness (QED) is 0.710. The number of hydrogen-bond acceptors (Lipinski definition) is 5. The van der Waals surface area contributed by atoms with Crippen LogP contribution in [0, 0.1) is 0 Å². The van der Waals surface area contributed by atoms with Gasteiger partial charge in [0.05, 0.1) is 38.3 Å². The summed E-state index contributed by atoms with van der Waals surface area (Å²) in [6.45, 7) is 2.02. The molecule has 16 heavy (non-hydrogen) atoms. The van der Waals surface area contributed by atoms with Crippen LogP contribution in [-0.2, 0) is 16.5 Å². The van der Waals surface area contributed by atoms with E-state index in [1.807, 2.05) is 0 Å². The van der Waals surface area contributed by atoms with E-state index < -0.39 is 0 Å². The smallest absolute Gasteiger partial charge is 0.341 e. The molecule has 1 N–H and O–H groups in total. The van der Waals surface area contributed by atoms with Crippen LogP contribution in [0.1, 0.15) is 22.1 Å². The number of carbonyl (C=O) groups is 1. The van der Waals surface area contributed by atoms with E-state index in [-0.39, 0.29) is 12.0 Å². The number of methoxy groups -OCH3 is 1. The Morgan fingerprint density at radius 3 is 3.19 bits per heavy atom. The third kappa shape index (κ3) is 1.94. The zero-order valence-corrected chi connectivity index (χ0v) is 9.40. The van der Waals surface area contributed by atoms with Crippen LogP contribution < -0.4 is 5.32 Å². The number of carbonyl (C=O) groups excluding carboxylic acids is 1. The summed E-state index contributed by atoms with van der Waals surface area (Å²) in [6, 6.07) is -0.00431. The van der Waals surface area contributed by atoms with Crippen molar-refractivity contribution in [3.05, 3.63) is 17.5 Å². The van der Waals surface area contributed by atoms with Gasteiger partial charge in [0, 0.05) is 13.6 Å². The van der Waals surface area contributed by atoms with E-state index in [0.717, 1.165) is 12.2 Å². The first kappa shape index (κ1) is 11.1. The first-order valence-corrected chi connectivity index (χ1v) is 5.15. The number of esters is 1. The SMILES string of the molecule is COC(=O)c1cnn(C)c1C1COCCN1. The number of nitrogens with one attached hydrogen (secondary N) is 1. The lowest BCUT2D eigenvalue weighted by atomic mass is 10.1. The number of aromatic nitrogens is 2. The molecule has 0 aliphatic carbocycles. The van der Waals surface area contributed by atoms with Gasteiger partial charge in [-0.2, -0.15) is 5.10 Å². The fourth-order valence-electron chi connectivity index (χ4n) is 1.87. The zero-order valence-electron chi connectivity index (χ0n) is 9.40. The molecule has 88 valence electrons. The van der Waals surface area contributed by atoms with E-state index in [4.69, 9.17) is 9.47 Å². The molecule has 0 bridgehead atoms. The predicted octanol–water partition coefficient (Wildman–Crippen LogP) is -0.132. The molecule has 1 fully saturated rings. The Hall–Kier alpha value is -1.40. The molecular formula is C10H15N3O3. The fourth-order valence-corrected chi connectivity index (χ4v) is 1.87. The first-order valence-electron chi connectivity index (χ1n) is 5.15. The summed E-state index contributed by atoms with van der Waals surface area (Å²) >= 11 is 0. The van der Waals surface area contributed by atoms with Crippen LogP contribution in [0.5, 0.6) is 0 Å². The monoisotopic (exact) mass is 225 g/mol. The Morgan fingerprint density at radius 1 is 1.75 bits per heavy atom. The van der Waals surface area contributed by atoms with Gasteiger partial charge in [-0.05, 0) is 0 Å². The zero-order chi connectivity index (χ0) is 11.5. The summed E-state index contributed by atoms with van der Waals surface area (Å²) < 4.78 is 11.8. The number of nitrogens with zero attached hydrogens (tertiary/aromatic N) is 2. The molecule has 0 aromatic carbocycles. The molecule has 6 heteroatoms. The maximum absolute atomic E-state index is 11.5. The van der Waals surface area contributed by atoms with Crippen molar-refractivity contribution in [2.45, 2.75) is 6.04 Å². The third-order valence-corrected chi connectivity index (χ3v) is 2.64. The standard InChI is InChI=1S/C10H15N3O3/c1-13-9(8-6-16-4-3-11-8)7(5-12-13)10(14)15-2/h5,8,11H,3-4,6H2,1-2H3. The minimum Gasteiger partial charge on any atom is -0.465 e. The van der Waals surface area contributed by atoms with E-state index >= 15 is 0 Å². The largest absolute Gasteiger partial charge is 0.465 e. The number of ether oxygens (including phenoxy) is 2. The van der Waals surface area contributed by atoms with Crippen molar-refractivity contribution < 1.29 is 14.3 Å². The molecule has 2 rings (SSSR count). The van der Waals surface area contributed by atoms with Gasteiger partial charge >= 0.3 is 5.97 Å². The van der Waals surface area contributed by atoms with Crippen molar-refractivity contribution in [2.75, 3.05) is 26.9 Å². The number of morpholine rings is 1. The normalized spacial score (nSPS) is 20.8. The third-order valence-electron chi connectivity index (χ3n) is 2.64. The summed E-state index contributed by atoms with van der Waals surface area (Å²) in [6.07, 6.45) is 1.53. The Kier molecular flexibility index (Phi) is 3.21. The Morgan fingerprint density at radius 2 is 2.56 bits per heavy atom. The van der Waals surface area contributed by atoms with Gasteiger partial charge in [-0.3, -0.25) is 4.68 Å². The second-order valence-corrected chi connectivity index (χ2v) is 3.64. The highest BCUT2D eigenvalue weighted by molar-refractivity contribution is 5.90. The lowest BCUT2D eigenvalue weighted by Crippen LogP contribution is -2.36. The van der Waals surface area contributed by atoms with Gasteiger partial charge in [0.25, 0.3) is 0 Å². The Balaban J connectivity index is 2.30. The molecule has 0 spiro atoms. The second kappa shape index (κ2) is 4.63. The Bertz CT molecular complexity index is 383. The summed E-state index contributed by atoms with van der Waals surface area (Å²) in [5.41, 5.74) is 1.31.